The first-order valence-electron chi connectivity index (χ1n) is 8.02. The van der Waals surface area contributed by atoms with E-state index in [1.807, 2.05) is 18.2 Å². The summed E-state index contributed by atoms with van der Waals surface area (Å²) in [6, 6.07) is 10.2. The van der Waals surface area contributed by atoms with Gasteiger partial charge in [0.05, 0.1) is 12.7 Å². The number of rotatable bonds is 12. The maximum absolute atomic E-state index is 11.3. The van der Waals surface area contributed by atoms with E-state index in [-0.39, 0.29) is 11.9 Å². The molecular weight excluding hydrogens is 276 g/mol. The van der Waals surface area contributed by atoms with Gasteiger partial charge in [0, 0.05) is 6.42 Å². The summed E-state index contributed by atoms with van der Waals surface area (Å²) >= 11 is 0. The highest BCUT2D eigenvalue weighted by Crippen LogP contribution is 2.11. The van der Waals surface area contributed by atoms with Crippen molar-refractivity contribution in [2.75, 3.05) is 0 Å². The van der Waals surface area contributed by atoms with Crippen molar-refractivity contribution in [3.8, 4) is 0 Å². The van der Waals surface area contributed by atoms with E-state index < -0.39 is 0 Å². The van der Waals surface area contributed by atoms with Crippen molar-refractivity contribution in [3.63, 3.8) is 0 Å². The van der Waals surface area contributed by atoms with E-state index in [1.54, 1.807) is 0 Å². The van der Waals surface area contributed by atoms with Gasteiger partial charge in [0.15, 0.2) is 5.78 Å². The average molecular weight is 302 g/mol. The van der Waals surface area contributed by atoms with Gasteiger partial charge >= 0.3 is 0 Å². The maximum Gasteiger partial charge on any atom is 0.155 e. The van der Waals surface area contributed by atoms with Crippen LogP contribution >= 0.6 is 0 Å². The lowest BCUT2D eigenvalue weighted by molar-refractivity contribution is -0.115. The summed E-state index contributed by atoms with van der Waals surface area (Å²) in [4.78, 5) is 21.4. The highest BCUT2D eigenvalue weighted by molar-refractivity contribution is 5.92. The van der Waals surface area contributed by atoms with Crippen LogP contribution in [0.5, 0.6) is 0 Å². The van der Waals surface area contributed by atoms with Crippen LogP contribution in [0, 0.1) is 0 Å². The van der Waals surface area contributed by atoms with Crippen LogP contribution < -0.4 is 0 Å². The molecule has 0 fully saturated rings. The van der Waals surface area contributed by atoms with Crippen LogP contribution in [-0.4, -0.2) is 18.2 Å². The lowest BCUT2D eigenvalue weighted by Gasteiger charge is -2.12. The summed E-state index contributed by atoms with van der Waals surface area (Å²) in [6.07, 6.45) is 9.26. The number of hydrogen-bond acceptors (Lipinski definition) is 3. The van der Waals surface area contributed by atoms with E-state index in [1.165, 1.54) is 17.7 Å². The topological polar surface area (TPSA) is 43.4 Å². The van der Waals surface area contributed by atoms with Gasteiger partial charge in [0.2, 0.25) is 0 Å². The molecule has 0 aliphatic rings. The van der Waals surface area contributed by atoms with Crippen molar-refractivity contribution in [1.82, 2.24) is 0 Å². The molecule has 0 radical (unpaired) electrons. The molecule has 1 aromatic rings. The fourth-order valence-corrected chi connectivity index (χ4v) is 2.21. The molecule has 0 amide bonds. The summed E-state index contributed by atoms with van der Waals surface area (Å²) in [5.41, 5.74) is 1.20. The highest BCUT2D eigenvalue weighted by Gasteiger charge is 2.03. The molecule has 0 saturated carbocycles. The molecule has 22 heavy (non-hydrogen) atoms. The van der Waals surface area contributed by atoms with Gasteiger partial charge in [0.1, 0.15) is 6.29 Å². The molecule has 1 unspecified atom stereocenters. The summed E-state index contributed by atoms with van der Waals surface area (Å²) in [5.74, 6) is 0.0339. The second-order valence-corrected chi connectivity index (χ2v) is 5.52. The molecule has 120 valence electrons. The van der Waals surface area contributed by atoms with Gasteiger partial charge in [-0.05, 0) is 37.5 Å². The number of hydrogen-bond donors (Lipinski definition) is 0. The lowest BCUT2D eigenvalue weighted by Crippen LogP contribution is -2.07. The van der Waals surface area contributed by atoms with Crippen molar-refractivity contribution in [2.45, 2.75) is 58.2 Å². The molecular formula is C19H26O3. The minimum atomic E-state index is 0.0339. The zero-order valence-corrected chi connectivity index (χ0v) is 13.4. The van der Waals surface area contributed by atoms with Gasteiger partial charge < -0.3 is 4.74 Å². The molecule has 3 nitrogen and oxygen atoms in total. The second-order valence-electron chi connectivity index (χ2n) is 5.52. The van der Waals surface area contributed by atoms with E-state index in [0.29, 0.717) is 19.3 Å². The third kappa shape index (κ3) is 9.24. The van der Waals surface area contributed by atoms with Crippen LogP contribution in [0.25, 0.3) is 0 Å². The van der Waals surface area contributed by atoms with Crippen LogP contribution in [0.2, 0.25) is 0 Å². The molecule has 1 rings (SSSR count). The first-order chi connectivity index (χ1) is 10.7. The third-order valence-corrected chi connectivity index (χ3v) is 3.52. The Morgan fingerprint density at radius 3 is 2.59 bits per heavy atom. The van der Waals surface area contributed by atoms with Gasteiger partial charge in [0.25, 0.3) is 0 Å². The number of ketones is 1. The number of carbonyl (C=O) groups is 2. The van der Waals surface area contributed by atoms with Gasteiger partial charge in [-0.15, -0.1) is 0 Å². The summed E-state index contributed by atoms with van der Waals surface area (Å²) in [5, 5.41) is 0. The number of benzene rings is 1. The minimum Gasteiger partial charge on any atom is -0.374 e. The largest absolute Gasteiger partial charge is 0.374 e. The molecule has 3 heteroatoms. The van der Waals surface area contributed by atoms with Crippen LogP contribution in [-0.2, 0) is 20.9 Å². The van der Waals surface area contributed by atoms with Crippen molar-refractivity contribution in [1.29, 1.82) is 0 Å². The van der Waals surface area contributed by atoms with Gasteiger partial charge in [-0.3, -0.25) is 9.59 Å². The molecule has 1 atom stereocenters. The maximum atomic E-state index is 11.3. The smallest absolute Gasteiger partial charge is 0.155 e. The zero-order valence-electron chi connectivity index (χ0n) is 13.4. The quantitative estimate of drug-likeness (QED) is 0.329. The monoisotopic (exact) mass is 302 g/mol. The predicted molar refractivity (Wildman–Crippen MR) is 88.6 cm³/mol. The van der Waals surface area contributed by atoms with Crippen LogP contribution in [0.1, 0.15) is 51.0 Å². The first-order valence-corrected chi connectivity index (χ1v) is 8.02. The molecule has 0 bridgehead atoms. The fourth-order valence-electron chi connectivity index (χ4n) is 2.21. The molecule has 0 saturated heterocycles. The van der Waals surface area contributed by atoms with E-state index in [9.17, 15) is 9.59 Å². The Balaban J connectivity index is 1.99. The van der Waals surface area contributed by atoms with E-state index >= 15 is 0 Å². The minimum absolute atomic E-state index is 0.0339. The average Bonchev–Trinajstić information content (AvgIpc) is 2.55. The predicted octanol–water partition coefficient (Wildman–Crippen LogP) is 4.26. The Labute approximate surface area is 133 Å². The summed E-state index contributed by atoms with van der Waals surface area (Å²) < 4.78 is 5.82. The lowest BCUT2D eigenvalue weighted by atomic mass is 10.1. The number of ether oxygens (including phenoxy) is 1. The Kier molecular flexibility index (Phi) is 9.88. The summed E-state index contributed by atoms with van der Waals surface area (Å²) in [6.45, 7) is 2.77. The highest BCUT2D eigenvalue weighted by atomic mass is 16.5. The Hall–Kier alpha value is -1.74. The zero-order chi connectivity index (χ0) is 16.0. The Morgan fingerprint density at radius 1 is 1.14 bits per heavy atom. The molecule has 0 heterocycles. The van der Waals surface area contributed by atoms with Crippen molar-refractivity contribution < 1.29 is 14.3 Å². The number of carbonyl (C=O) groups excluding carboxylic acids is 2. The Bertz CT molecular complexity index is 451. The summed E-state index contributed by atoms with van der Waals surface area (Å²) in [7, 11) is 0. The Morgan fingerprint density at radius 2 is 1.86 bits per heavy atom. The van der Waals surface area contributed by atoms with Crippen molar-refractivity contribution in [2.24, 2.45) is 0 Å². The van der Waals surface area contributed by atoms with E-state index in [0.717, 1.165) is 32.1 Å². The third-order valence-electron chi connectivity index (χ3n) is 3.52. The van der Waals surface area contributed by atoms with E-state index in [2.05, 4.69) is 19.1 Å². The van der Waals surface area contributed by atoms with Gasteiger partial charge in [-0.1, -0.05) is 49.6 Å². The van der Waals surface area contributed by atoms with Gasteiger partial charge in [-0.2, -0.15) is 0 Å². The molecule has 1 aromatic carbocycles. The molecule has 0 aliphatic carbocycles. The molecule has 0 aliphatic heterocycles. The van der Waals surface area contributed by atoms with Crippen molar-refractivity contribution in [3.05, 3.63) is 48.0 Å². The van der Waals surface area contributed by atoms with Crippen LogP contribution in [0.3, 0.4) is 0 Å². The van der Waals surface area contributed by atoms with Crippen LogP contribution in [0.15, 0.2) is 42.5 Å². The SMILES string of the molecule is CC(CCCCCCC(=O)/C=C/C=O)OCc1ccccc1. The first kappa shape index (κ1) is 18.3. The van der Waals surface area contributed by atoms with Gasteiger partial charge in [-0.25, -0.2) is 0 Å². The fraction of sp³-hybridized carbons (Fsp3) is 0.474. The number of unbranched alkanes of at least 4 members (excludes halogenated alkanes) is 3. The molecule has 0 aromatic heterocycles. The normalized spacial score (nSPS) is 12.4. The molecule has 0 N–H and O–H groups in total. The standard InChI is InChI=1S/C19H26O3/c1-17(22-16-18-11-6-4-7-12-18)10-5-2-3-8-13-19(21)14-9-15-20/h4,6-7,9,11-12,14-15,17H,2-3,5,8,10,13,16H2,1H3/b14-9+. The number of aldehydes is 1. The number of allylic oxidation sites excluding steroid dienone is 2. The van der Waals surface area contributed by atoms with Crippen LogP contribution in [0.4, 0.5) is 0 Å². The molecule has 0 spiro atoms. The van der Waals surface area contributed by atoms with E-state index in [4.69, 9.17) is 4.74 Å². The second kappa shape index (κ2) is 11.9. The van der Waals surface area contributed by atoms with Crippen molar-refractivity contribution >= 4 is 12.1 Å².